The molecule has 1 aromatic heterocycles. The molecule has 0 aliphatic carbocycles. The van der Waals surface area contributed by atoms with Crippen LogP contribution in [0.2, 0.25) is 20.1 Å². The average Bonchev–Trinajstić information content (AvgIpc) is 3.72. The molecule has 15 N–H and O–H groups in total. The fraction of sp³-hybridized carbons (Fsp3) is 0.0256. The summed E-state index contributed by atoms with van der Waals surface area (Å²) in [6, 6.07) is 23.3. The molecule has 314 valence electrons. The number of nitrogen functional groups attached to an aromatic ring is 4. The maximum atomic E-state index is 13.4. The fourth-order valence-corrected chi connectivity index (χ4v) is 5.15. The highest BCUT2D eigenvalue weighted by atomic mass is 35.5. The first-order valence-corrected chi connectivity index (χ1v) is 18.1. The number of rotatable bonds is 6. The highest BCUT2D eigenvalue weighted by molar-refractivity contribution is 6.35. The van der Waals surface area contributed by atoms with Gasteiger partial charge in [0.05, 0.1) is 66.0 Å². The van der Waals surface area contributed by atoms with Crippen molar-refractivity contribution in [3.05, 3.63) is 141 Å². The first-order chi connectivity index (χ1) is 28.2. The van der Waals surface area contributed by atoms with Crippen LogP contribution in [0.4, 0.5) is 54.7 Å². The van der Waals surface area contributed by atoms with E-state index >= 15 is 0 Å². The zero-order valence-electron chi connectivity index (χ0n) is 30.9. The van der Waals surface area contributed by atoms with E-state index in [1.807, 2.05) is 0 Å². The number of phenols is 2. The number of anilines is 8. The summed E-state index contributed by atoms with van der Waals surface area (Å²) in [6.07, 6.45) is 0.279. The van der Waals surface area contributed by atoms with Crippen molar-refractivity contribution < 1.29 is 43.3 Å². The van der Waals surface area contributed by atoms with Crippen molar-refractivity contribution in [3.8, 4) is 11.5 Å². The summed E-state index contributed by atoms with van der Waals surface area (Å²) in [5.41, 5.74) is 24.4. The number of aromatic hydroxyl groups is 2. The van der Waals surface area contributed by atoms with Crippen LogP contribution >= 0.6 is 46.4 Å². The molecule has 5 aromatic carbocycles. The van der Waals surface area contributed by atoms with Gasteiger partial charge in [-0.05, 0) is 72.8 Å². The van der Waals surface area contributed by atoms with E-state index in [0.29, 0.717) is 32.8 Å². The van der Waals surface area contributed by atoms with Crippen molar-refractivity contribution in [1.82, 2.24) is 0 Å². The summed E-state index contributed by atoms with van der Waals surface area (Å²) in [5.74, 6) is -2.08. The minimum Gasteiger partial charge on any atom is -0.506 e. The van der Waals surface area contributed by atoms with Crippen molar-refractivity contribution in [1.29, 1.82) is 0 Å². The van der Waals surface area contributed by atoms with Gasteiger partial charge in [-0.25, -0.2) is 9.18 Å². The van der Waals surface area contributed by atoms with Crippen molar-refractivity contribution in [2.45, 2.75) is 6.92 Å². The lowest BCUT2D eigenvalue weighted by Gasteiger charge is -2.09. The molecule has 60 heavy (non-hydrogen) atoms. The van der Waals surface area contributed by atoms with E-state index in [-0.39, 0.29) is 67.4 Å². The predicted molar refractivity (Wildman–Crippen MR) is 234 cm³/mol. The van der Waals surface area contributed by atoms with E-state index in [9.17, 15) is 33.8 Å². The van der Waals surface area contributed by atoms with Crippen LogP contribution in [-0.4, -0.2) is 39.1 Å². The molecule has 0 fully saturated rings. The Hall–Kier alpha value is -7.05. The third kappa shape index (κ3) is 14.7. The van der Waals surface area contributed by atoms with Crippen LogP contribution in [0.15, 0.2) is 108 Å². The van der Waals surface area contributed by atoms with E-state index in [1.165, 1.54) is 73.9 Å². The van der Waals surface area contributed by atoms with E-state index in [1.54, 1.807) is 36.4 Å². The number of halogens is 5. The number of hydrogen-bond acceptors (Lipinski definition) is 11. The second-order valence-electron chi connectivity index (χ2n) is 11.7. The van der Waals surface area contributed by atoms with Crippen LogP contribution in [0, 0.1) is 5.82 Å². The maximum absolute atomic E-state index is 13.4. The molecule has 16 nitrogen and oxygen atoms in total. The van der Waals surface area contributed by atoms with Gasteiger partial charge in [-0.3, -0.25) is 19.7 Å². The molecular weight excluding hydrogens is 869 g/mol. The molecule has 0 aliphatic heterocycles. The molecule has 0 atom stereocenters. The Labute approximate surface area is 360 Å². The fourth-order valence-electron chi connectivity index (χ4n) is 4.35. The standard InChI is InChI=1S/C13H10ClFN2O2.C11H9ClN2O2.C8H9ClN2O2.C7H7ClN2O2/c14-8-5-11(12(18)6-10(8)16)17-13(19)7-3-1-2-4-9(7)15;12-8-6-7(13)3-4-9(8)14-11(15)10-2-1-5-16-10;1-4(12)11-7-2-5(9)6(10)3-8(7)13;8-5-3-4(9)1-2-6(5)10-7(11)12/h1-6,18H,16H2,(H,17,19);1-6H,13H2,(H,14,15);2-3,13H,10H2,1H3,(H,11,12);1-3,10H,9H2,(H,11,12). The third-order valence-corrected chi connectivity index (χ3v) is 8.41. The van der Waals surface area contributed by atoms with Gasteiger partial charge in [0.25, 0.3) is 11.8 Å². The number of carbonyl (C=O) groups excluding carboxylic acids is 3. The molecular formula is C39H35Cl4FN8O8. The zero-order valence-corrected chi connectivity index (χ0v) is 33.9. The molecule has 0 saturated carbocycles. The molecule has 0 spiro atoms. The Morgan fingerprint density at radius 1 is 0.583 bits per heavy atom. The molecule has 6 rings (SSSR count). The van der Waals surface area contributed by atoms with Crippen LogP contribution in [-0.2, 0) is 4.79 Å². The number of nitrogens with two attached hydrogens (primary N) is 4. The predicted octanol–water partition coefficient (Wildman–Crippen LogP) is 9.38. The normalized spacial score (nSPS) is 9.90. The van der Waals surface area contributed by atoms with E-state index in [2.05, 4.69) is 21.3 Å². The number of benzene rings is 5. The monoisotopic (exact) mass is 902 g/mol. The second-order valence-corrected chi connectivity index (χ2v) is 13.4. The summed E-state index contributed by atoms with van der Waals surface area (Å²) >= 11 is 23.0. The van der Waals surface area contributed by atoms with Gasteiger partial charge in [-0.2, -0.15) is 0 Å². The second kappa shape index (κ2) is 22.2. The largest absolute Gasteiger partial charge is 0.506 e. The molecule has 0 radical (unpaired) electrons. The average molecular weight is 905 g/mol. The van der Waals surface area contributed by atoms with Gasteiger partial charge < -0.3 is 58.6 Å². The Balaban J connectivity index is 0.000000217. The number of amides is 4. The summed E-state index contributed by atoms with van der Waals surface area (Å²) in [4.78, 5) is 44.3. The minimum atomic E-state index is -1.15. The molecule has 21 heteroatoms. The van der Waals surface area contributed by atoms with Gasteiger partial charge >= 0.3 is 6.09 Å². The molecule has 1 heterocycles. The van der Waals surface area contributed by atoms with Crippen molar-refractivity contribution in [3.63, 3.8) is 0 Å². The molecule has 0 bridgehead atoms. The lowest BCUT2D eigenvalue weighted by Crippen LogP contribution is -2.13. The highest BCUT2D eigenvalue weighted by Crippen LogP contribution is 2.33. The van der Waals surface area contributed by atoms with Gasteiger partial charge in [-0.1, -0.05) is 58.5 Å². The van der Waals surface area contributed by atoms with Crippen LogP contribution in [0.1, 0.15) is 27.8 Å². The molecule has 0 saturated heterocycles. The zero-order chi connectivity index (χ0) is 44.7. The smallest absolute Gasteiger partial charge is 0.409 e. The van der Waals surface area contributed by atoms with Gasteiger partial charge in [0, 0.05) is 30.4 Å². The maximum Gasteiger partial charge on any atom is 0.409 e. The van der Waals surface area contributed by atoms with Gasteiger partial charge in [0.2, 0.25) is 5.91 Å². The summed E-state index contributed by atoms with van der Waals surface area (Å²) < 4.78 is 18.4. The topological polar surface area (TPSA) is 294 Å². The van der Waals surface area contributed by atoms with Crippen LogP contribution in [0.5, 0.6) is 11.5 Å². The molecule has 0 unspecified atom stereocenters. The molecule has 6 aromatic rings. The Morgan fingerprint density at radius 2 is 1.07 bits per heavy atom. The summed E-state index contributed by atoms with van der Waals surface area (Å²) in [6.45, 7) is 1.34. The van der Waals surface area contributed by atoms with E-state index in [4.69, 9.17) is 78.9 Å². The van der Waals surface area contributed by atoms with Crippen molar-refractivity contribution in [2.75, 3.05) is 44.2 Å². The lowest BCUT2D eigenvalue weighted by molar-refractivity contribution is -0.114. The lowest BCUT2D eigenvalue weighted by atomic mass is 10.2. The van der Waals surface area contributed by atoms with Gasteiger partial charge in [0.15, 0.2) is 5.76 Å². The number of hydrogen-bond donors (Lipinski definition) is 11. The molecule has 0 aliphatic rings. The summed E-state index contributed by atoms with van der Waals surface area (Å²) in [7, 11) is 0. The Kier molecular flexibility index (Phi) is 17.5. The highest BCUT2D eigenvalue weighted by Gasteiger charge is 2.15. The number of phenolic OH excluding ortho intramolecular Hbond substituents is 2. The van der Waals surface area contributed by atoms with Crippen LogP contribution < -0.4 is 44.2 Å². The summed E-state index contributed by atoms with van der Waals surface area (Å²) in [5, 5.41) is 38.0. The molecule has 4 amide bonds. The quantitative estimate of drug-likeness (QED) is 0.0550. The SMILES string of the molecule is CC(=O)Nc1cc(Cl)c(N)cc1O.Nc1cc(O)c(NC(=O)c2ccccc2F)cc1Cl.Nc1ccc(NC(=O)O)c(Cl)c1.Nc1ccc(NC(=O)c2ccco2)c(Cl)c1. The first-order valence-electron chi connectivity index (χ1n) is 16.6. The first kappa shape index (κ1) is 47.3. The Bertz CT molecular complexity index is 2490. The minimum absolute atomic E-state index is 0.0625. The van der Waals surface area contributed by atoms with Gasteiger partial charge in [0.1, 0.15) is 17.3 Å². The number of carbonyl (C=O) groups is 4. The van der Waals surface area contributed by atoms with Crippen molar-refractivity contribution in [2.24, 2.45) is 0 Å². The Morgan fingerprint density at radius 3 is 1.52 bits per heavy atom. The van der Waals surface area contributed by atoms with E-state index < -0.39 is 17.8 Å². The third-order valence-electron chi connectivity index (χ3n) is 7.13. The van der Waals surface area contributed by atoms with Crippen molar-refractivity contribution >= 4 is 116 Å². The van der Waals surface area contributed by atoms with E-state index in [0.717, 1.165) is 0 Å². The van der Waals surface area contributed by atoms with Crippen LogP contribution in [0.3, 0.4) is 0 Å². The van der Waals surface area contributed by atoms with Crippen LogP contribution in [0.25, 0.3) is 0 Å². The van der Waals surface area contributed by atoms with Gasteiger partial charge in [-0.15, -0.1) is 0 Å². The number of nitrogens with one attached hydrogen (secondary N) is 4. The number of furan rings is 1. The number of carboxylic acid groups (broad SMARTS) is 1.